The second-order valence-electron chi connectivity index (χ2n) is 5.74. The maximum Gasteiger partial charge on any atom is 0.0633 e. The fourth-order valence-electron chi connectivity index (χ4n) is 1.87. The Labute approximate surface area is 115 Å². The van der Waals surface area contributed by atoms with Crippen LogP contribution >= 0.6 is 0 Å². The molecular formula is C17H20N2. The summed E-state index contributed by atoms with van der Waals surface area (Å²) in [6, 6.07) is 12.4. The van der Waals surface area contributed by atoms with Gasteiger partial charge in [-0.1, -0.05) is 39.0 Å². The lowest BCUT2D eigenvalue weighted by molar-refractivity contribution is 0.590. The van der Waals surface area contributed by atoms with Gasteiger partial charge in [-0.2, -0.15) is 0 Å². The van der Waals surface area contributed by atoms with Crippen LogP contribution in [0.4, 0.5) is 5.69 Å². The van der Waals surface area contributed by atoms with Crippen LogP contribution in [0.3, 0.4) is 0 Å². The van der Waals surface area contributed by atoms with Crippen molar-refractivity contribution in [3.8, 4) is 0 Å². The molecule has 19 heavy (non-hydrogen) atoms. The molecule has 0 fully saturated rings. The molecule has 0 atom stereocenters. The predicted molar refractivity (Wildman–Crippen MR) is 81.3 cm³/mol. The summed E-state index contributed by atoms with van der Waals surface area (Å²) in [5.74, 6) is 0. The van der Waals surface area contributed by atoms with Gasteiger partial charge in [0.15, 0.2) is 0 Å². The van der Waals surface area contributed by atoms with E-state index in [1.54, 1.807) is 6.20 Å². The molecule has 0 unspecified atom stereocenters. The molecule has 2 heteroatoms. The van der Waals surface area contributed by atoms with Gasteiger partial charge in [0.05, 0.1) is 5.69 Å². The zero-order chi connectivity index (χ0) is 13.9. The van der Waals surface area contributed by atoms with Gasteiger partial charge in [-0.05, 0) is 36.1 Å². The Kier molecular flexibility index (Phi) is 3.79. The summed E-state index contributed by atoms with van der Waals surface area (Å²) in [6.45, 7) is 8.65. The highest BCUT2D eigenvalue weighted by Crippen LogP contribution is 2.24. The molecule has 2 rings (SSSR count). The fourth-order valence-corrected chi connectivity index (χ4v) is 1.87. The fraction of sp³-hybridized carbons (Fsp3) is 0.294. The van der Waals surface area contributed by atoms with E-state index in [0.29, 0.717) is 0 Å². The molecular weight excluding hydrogens is 232 g/mol. The molecule has 98 valence electrons. The summed E-state index contributed by atoms with van der Waals surface area (Å²) in [5.41, 5.74) is 4.53. The standard InChI is InChI=1S/C17H20N2/c1-13(14-6-5-11-18-12-14)19-16-9-7-15(8-10-16)17(2,3)4/h5-12H,1-4H3/b19-13+. The zero-order valence-corrected chi connectivity index (χ0v) is 12.0. The Morgan fingerprint density at radius 2 is 1.74 bits per heavy atom. The van der Waals surface area contributed by atoms with Crippen molar-refractivity contribution in [3.63, 3.8) is 0 Å². The van der Waals surface area contributed by atoms with E-state index in [0.717, 1.165) is 17.0 Å². The number of aliphatic imine (C=N–C) groups is 1. The van der Waals surface area contributed by atoms with Gasteiger partial charge in [0.2, 0.25) is 0 Å². The van der Waals surface area contributed by atoms with E-state index >= 15 is 0 Å². The summed E-state index contributed by atoms with van der Waals surface area (Å²) in [4.78, 5) is 8.74. The Morgan fingerprint density at radius 1 is 1.05 bits per heavy atom. The van der Waals surface area contributed by atoms with Crippen LogP contribution in [0.25, 0.3) is 0 Å². The molecule has 2 aromatic rings. The Bertz CT molecular complexity index is 560. The Hall–Kier alpha value is -1.96. The molecule has 0 N–H and O–H groups in total. The van der Waals surface area contributed by atoms with Crippen molar-refractivity contribution >= 4 is 11.4 Å². The lowest BCUT2D eigenvalue weighted by Crippen LogP contribution is -2.10. The number of hydrogen-bond donors (Lipinski definition) is 0. The lowest BCUT2D eigenvalue weighted by Gasteiger charge is -2.18. The van der Waals surface area contributed by atoms with E-state index in [2.05, 4.69) is 55.0 Å². The average molecular weight is 252 g/mol. The van der Waals surface area contributed by atoms with Gasteiger partial charge in [-0.15, -0.1) is 0 Å². The molecule has 0 amide bonds. The van der Waals surface area contributed by atoms with Crippen LogP contribution in [-0.2, 0) is 5.41 Å². The van der Waals surface area contributed by atoms with Crippen LogP contribution in [-0.4, -0.2) is 10.7 Å². The minimum atomic E-state index is 0.181. The molecule has 0 radical (unpaired) electrons. The van der Waals surface area contributed by atoms with Crippen molar-refractivity contribution in [1.82, 2.24) is 4.98 Å². The first-order valence-corrected chi connectivity index (χ1v) is 6.53. The number of hydrogen-bond acceptors (Lipinski definition) is 2. The third-order valence-corrected chi connectivity index (χ3v) is 3.11. The van der Waals surface area contributed by atoms with Crippen LogP contribution in [0, 0.1) is 0 Å². The quantitative estimate of drug-likeness (QED) is 0.721. The van der Waals surface area contributed by atoms with E-state index in [4.69, 9.17) is 0 Å². The van der Waals surface area contributed by atoms with E-state index in [1.807, 2.05) is 25.3 Å². The minimum Gasteiger partial charge on any atom is -0.264 e. The van der Waals surface area contributed by atoms with E-state index < -0.39 is 0 Å². The molecule has 0 aliphatic heterocycles. The predicted octanol–water partition coefficient (Wildman–Crippen LogP) is 4.52. The number of aromatic nitrogens is 1. The third-order valence-electron chi connectivity index (χ3n) is 3.11. The van der Waals surface area contributed by atoms with Crippen molar-refractivity contribution in [2.24, 2.45) is 4.99 Å². The molecule has 0 saturated heterocycles. The molecule has 1 heterocycles. The number of benzene rings is 1. The van der Waals surface area contributed by atoms with Crippen LogP contribution in [0.15, 0.2) is 53.8 Å². The topological polar surface area (TPSA) is 25.2 Å². The summed E-state index contributed by atoms with van der Waals surface area (Å²) in [5, 5.41) is 0. The molecule has 1 aromatic heterocycles. The van der Waals surface area contributed by atoms with Gasteiger partial charge in [-0.25, -0.2) is 0 Å². The van der Waals surface area contributed by atoms with E-state index in [9.17, 15) is 0 Å². The maximum absolute atomic E-state index is 4.63. The molecule has 0 spiro atoms. The van der Waals surface area contributed by atoms with Crippen LogP contribution in [0.5, 0.6) is 0 Å². The monoisotopic (exact) mass is 252 g/mol. The van der Waals surface area contributed by atoms with Crippen LogP contribution < -0.4 is 0 Å². The molecule has 2 nitrogen and oxygen atoms in total. The Balaban J connectivity index is 2.24. The van der Waals surface area contributed by atoms with Gasteiger partial charge >= 0.3 is 0 Å². The second-order valence-corrected chi connectivity index (χ2v) is 5.74. The summed E-state index contributed by atoms with van der Waals surface area (Å²) >= 11 is 0. The van der Waals surface area contributed by atoms with Gasteiger partial charge < -0.3 is 0 Å². The maximum atomic E-state index is 4.63. The normalized spacial score (nSPS) is 12.5. The first kappa shape index (κ1) is 13.5. The second kappa shape index (κ2) is 5.35. The number of nitrogens with zero attached hydrogens (tertiary/aromatic N) is 2. The largest absolute Gasteiger partial charge is 0.264 e. The smallest absolute Gasteiger partial charge is 0.0633 e. The first-order chi connectivity index (χ1) is 8.97. The summed E-state index contributed by atoms with van der Waals surface area (Å²) in [7, 11) is 0. The highest BCUT2D eigenvalue weighted by molar-refractivity contribution is 5.99. The number of rotatable bonds is 2. The average Bonchev–Trinajstić information content (AvgIpc) is 2.39. The molecule has 0 aliphatic carbocycles. The summed E-state index contributed by atoms with van der Waals surface area (Å²) in [6.07, 6.45) is 3.61. The van der Waals surface area contributed by atoms with Crippen molar-refractivity contribution in [2.75, 3.05) is 0 Å². The van der Waals surface area contributed by atoms with Crippen LogP contribution in [0.2, 0.25) is 0 Å². The van der Waals surface area contributed by atoms with Crippen molar-refractivity contribution < 1.29 is 0 Å². The van der Waals surface area contributed by atoms with Crippen LogP contribution in [0.1, 0.15) is 38.8 Å². The Morgan fingerprint density at radius 3 is 2.26 bits per heavy atom. The highest BCUT2D eigenvalue weighted by atomic mass is 14.7. The first-order valence-electron chi connectivity index (χ1n) is 6.53. The summed E-state index contributed by atoms with van der Waals surface area (Å²) < 4.78 is 0. The molecule has 1 aromatic carbocycles. The minimum absolute atomic E-state index is 0.181. The molecule has 0 bridgehead atoms. The van der Waals surface area contributed by atoms with Gasteiger partial charge in [-0.3, -0.25) is 9.98 Å². The number of pyridine rings is 1. The molecule has 0 aliphatic rings. The lowest BCUT2D eigenvalue weighted by atomic mass is 9.87. The third kappa shape index (κ3) is 3.50. The SMILES string of the molecule is C/C(=N\c1ccc(C(C)(C)C)cc1)c1cccnc1. The van der Waals surface area contributed by atoms with E-state index in [-0.39, 0.29) is 5.41 Å². The van der Waals surface area contributed by atoms with Crippen molar-refractivity contribution in [3.05, 3.63) is 59.9 Å². The van der Waals surface area contributed by atoms with Gasteiger partial charge in [0.25, 0.3) is 0 Å². The van der Waals surface area contributed by atoms with Crippen molar-refractivity contribution in [1.29, 1.82) is 0 Å². The molecule has 0 saturated carbocycles. The van der Waals surface area contributed by atoms with Crippen molar-refractivity contribution in [2.45, 2.75) is 33.1 Å². The zero-order valence-electron chi connectivity index (χ0n) is 12.0. The van der Waals surface area contributed by atoms with Gasteiger partial charge in [0, 0.05) is 23.7 Å². The van der Waals surface area contributed by atoms with Gasteiger partial charge in [0.1, 0.15) is 0 Å². The van der Waals surface area contributed by atoms with E-state index in [1.165, 1.54) is 5.56 Å². The highest BCUT2D eigenvalue weighted by Gasteiger charge is 2.12.